The number of nitrogens with two attached hydrogens (primary N) is 1. The molecule has 2 rings (SSSR count). The van der Waals surface area contributed by atoms with Crippen LogP contribution < -0.4 is 16.0 Å². The highest BCUT2D eigenvalue weighted by Crippen LogP contribution is 2.29. The highest BCUT2D eigenvalue weighted by molar-refractivity contribution is 5.99. The number of primary amides is 1. The second-order valence-electron chi connectivity index (χ2n) is 5.79. The summed E-state index contributed by atoms with van der Waals surface area (Å²) >= 11 is 0. The van der Waals surface area contributed by atoms with Crippen LogP contribution in [0.3, 0.4) is 0 Å². The van der Waals surface area contributed by atoms with Crippen molar-refractivity contribution < 1.29 is 14.3 Å². The van der Waals surface area contributed by atoms with Crippen LogP contribution in [0.4, 0.5) is 11.4 Å². The Labute approximate surface area is 137 Å². The molecule has 1 aromatic carbocycles. The van der Waals surface area contributed by atoms with Crippen molar-refractivity contribution >= 4 is 23.2 Å². The van der Waals surface area contributed by atoms with E-state index in [-0.39, 0.29) is 5.91 Å². The summed E-state index contributed by atoms with van der Waals surface area (Å²) in [4.78, 5) is 25.8. The molecule has 0 atom stereocenters. The lowest BCUT2D eigenvalue weighted by molar-refractivity contribution is -0.116. The molecular weight excluding hydrogens is 294 g/mol. The molecule has 0 aromatic heterocycles. The molecule has 0 unspecified atom stereocenters. The summed E-state index contributed by atoms with van der Waals surface area (Å²) in [5.41, 5.74) is 7.37. The number of hydrogen-bond acceptors (Lipinski definition) is 4. The molecule has 6 nitrogen and oxygen atoms in total. The first-order valence-corrected chi connectivity index (χ1v) is 8.09. The van der Waals surface area contributed by atoms with Crippen molar-refractivity contribution in [2.75, 3.05) is 37.0 Å². The summed E-state index contributed by atoms with van der Waals surface area (Å²) < 4.78 is 4.96. The number of nitrogens with zero attached hydrogens (tertiary/aromatic N) is 1. The number of amides is 2. The zero-order valence-corrected chi connectivity index (χ0v) is 13.6. The predicted molar refractivity (Wildman–Crippen MR) is 90.8 cm³/mol. The number of nitrogens with one attached hydrogen (secondary N) is 1. The van der Waals surface area contributed by atoms with Crippen LogP contribution in [-0.4, -0.2) is 38.6 Å². The maximum atomic E-state index is 12.1. The van der Waals surface area contributed by atoms with Crippen molar-refractivity contribution in [3.8, 4) is 0 Å². The van der Waals surface area contributed by atoms with Gasteiger partial charge in [0, 0.05) is 38.8 Å². The average molecular weight is 319 g/mol. The summed E-state index contributed by atoms with van der Waals surface area (Å²) in [6, 6.07) is 5.25. The maximum Gasteiger partial charge on any atom is 0.248 e. The molecule has 1 aliphatic heterocycles. The Kier molecular flexibility index (Phi) is 6.40. The third-order valence-corrected chi connectivity index (χ3v) is 4.00. The molecule has 3 N–H and O–H groups in total. The molecule has 1 heterocycles. The zero-order valence-electron chi connectivity index (χ0n) is 13.6. The largest absolute Gasteiger partial charge is 0.385 e. The Morgan fingerprint density at radius 2 is 2.00 bits per heavy atom. The van der Waals surface area contributed by atoms with Crippen LogP contribution >= 0.6 is 0 Å². The van der Waals surface area contributed by atoms with E-state index in [0.29, 0.717) is 30.7 Å². The fraction of sp³-hybridized carbons (Fsp3) is 0.529. The van der Waals surface area contributed by atoms with Crippen LogP contribution in [0, 0.1) is 0 Å². The summed E-state index contributed by atoms with van der Waals surface area (Å²) in [7, 11) is 1.61. The quantitative estimate of drug-likeness (QED) is 0.754. The van der Waals surface area contributed by atoms with Crippen molar-refractivity contribution in [2.24, 2.45) is 5.73 Å². The molecule has 23 heavy (non-hydrogen) atoms. The molecule has 0 radical (unpaired) electrons. The molecule has 126 valence electrons. The lowest BCUT2D eigenvalue weighted by Gasteiger charge is -2.30. The van der Waals surface area contributed by atoms with Gasteiger partial charge >= 0.3 is 0 Å². The summed E-state index contributed by atoms with van der Waals surface area (Å²) in [5, 5.41) is 2.92. The Bertz CT molecular complexity index is 554. The first-order chi connectivity index (χ1) is 11.1. The number of benzene rings is 1. The van der Waals surface area contributed by atoms with Crippen LogP contribution in [0.1, 0.15) is 42.5 Å². The van der Waals surface area contributed by atoms with Gasteiger partial charge < -0.3 is 20.7 Å². The van der Waals surface area contributed by atoms with Gasteiger partial charge in [-0.2, -0.15) is 0 Å². The first kappa shape index (κ1) is 17.3. The first-order valence-electron chi connectivity index (χ1n) is 8.09. The van der Waals surface area contributed by atoms with Crippen molar-refractivity contribution in [3.63, 3.8) is 0 Å². The average Bonchev–Trinajstić information content (AvgIpc) is 2.55. The van der Waals surface area contributed by atoms with Gasteiger partial charge in [-0.05, 0) is 43.9 Å². The lowest BCUT2D eigenvalue weighted by atomic mass is 10.1. The normalized spacial score (nSPS) is 14.6. The number of hydrogen-bond donors (Lipinski definition) is 2. The van der Waals surface area contributed by atoms with Gasteiger partial charge in [0.05, 0.1) is 11.4 Å². The van der Waals surface area contributed by atoms with Crippen molar-refractivity contribution in [3.05, 3.63) is 23.8 Å². The molecule has 6 heteroatoms. The number of piperidine rings is 1. The van der Waals surface area contributed by atoms with E-state index in [2.05, 4.69) is 10.2 Å². The third-order valence-electron chi connectivity index (χ3n) is 4.00. The molecule has 0 spiro atoms. The second kappa shape index (κ2) is 8.53. The Morgan fingerprint density at radius 1 is 1.26 bits per heavy atom. The SMILES string of the molecule is COCCCC(=O)Nc1cc(C(N)=O)ccc1N1CCCCC1. The van der Waals surface area contributed by atoms with Gasteiger partial charge in [0.15, 0.2) is 0 Å². The molecule has 1 aliphatic rings. The summed E-state index contributed by atoms with van der Waals surface area (Å²) in [5.74, 6) is -0.577. The number of anilines is 2. The van der Waals surface area contributed by atoms with Gasteiger partial charge in [0.25, 0.3) is 0 Å². The molecule has 2 amide bonds. The van der Waals surface area contributed by atoms with Gasteiger partial charge in [-0.25, -0.2) is 0 Å². The number of carbonyl (C=O) groups excluding carboxylic acids is 2. The summed E-state index contributed by atoms with van der Waals surface area (Å²) in [6.45, 7) is 2.47. The van der Waals surface area contributed by atoms with E-state index in [1.165, 1.54) is 6.42 Å². The molecule has 0 aliphatic carbocycles. The van der Waals surface area contributed by atoms with E-state index < -0.39 is 5.91 Å². The maximum absolute atomic E-state index is 12.1. The number of ether oxygens (including phenoxy) is 1. The number of methoxy groups -OCH3 is 1. The monoisotopic (exact) mass is 319 g/mol. The molecule has 1 saturated heterocycles. The van der Waals surface area contributed by atoms with Gasteiger partial charge in [-0.1, -0.05) is 0 Å². The topological polar surface area (TPSA) is 84.7 Å². The number of rotatable bonds is 7. The minimum Gasteiger partial charge on any atom is -0.385 e. The van der Waals surface area contributed by atoms with E-state index >= 15 is 0 Å². The van der Waals surface area contributed by atoms with Crippen LogP contribution in [0.25, 0.3) is 0 Å². The molecular formula is C17H25N3O3. The lowest BCUT2D eigenvalue weighted by Crippen LogP contribution is -2.30. The van der Waals surface area contributed by atoms with Crippen LogP contribution in [0.15, 0.2) is 18.2 Å². The van der Waals surface area contributed by atoms with Crippen LogP contribution in [0.2, 0.25) is 0 Å². The Hall–Kier alpha value is -2.08. The highest BCUT2D eigenvalue weighted by Gasteiger charge is 2.17. The zero-order chi connectivity index (χ0) is 16.7. The van der Waals surface area contributed by atoms with E-state index in [9.17, 15) is 9.59 Å². The summed E-state index contributed by atoms with van der Waals surface area (Å²) in [6.07, 6.45) is 4.55. The Balaban J connectivity index is 2.16. The van der Waals surface area contributed by atoms with E-state index in [4.69, 9.17) is 10.5 Å². The smallest absolute Gasteiger partial charge is 0.248 e. The molecule has 1 aromatic rings. The minimum atomic E-state index is -0.495. The minimum absolute atomic E-state index is 0.0815. The molecule has 1 fully saturated rings. The predicted octanol–water partition coefficient (Wildman–Crippen LogP) is 2.14. The third kappa shape index (κ3) is 4.96. The van der Waals surface area contributed by atoms with E-state index in [0.717, 1.165) is 31.6 Å². The van der Waals surface area contributed by atoms with E-state index in [1.54, 1.807) is 19.2 Å². The molecule has 0 bridgehead atoms. The van der Waals surface area contributed by atoms with Gasteiger partial charge in [0.1, 0.15) is 0 Å². The van der Waals surface area contributed by atoms with Gasteiger partial charge in [-0.15, -0.1) is 0 Å². The van der Waals surface area contributed by atoms with Crippen LogP contribution in [0.5, 0.6) is 0 Å². The van der Waals surface area contributed by atoms with Crippen LogP contribution in [-0.2, 0) is 9.53 Å². The van der Waals surface area contributed by atoms with Crippen molar-refractivity contribution in [1.82, 2.24) is 0 Å². The standard InChI is InChI=1S/C17H25N3O3/c1-23-11-5-6-16(21)19-14-12-13(17(18)22)7-8-15(14)20-9-3-2-4-10-20/h7-8,12H,2-6,9-11H2,1H3,(H2,18,22)(H,19,21). The van der Waals surface area contributed by atoms with E-state index in [1.807, 2.05) is 6.07 Å². The van der Waals surface area contributed by atoms with Crippen molar-refractivity contribution in [1.29, 1.82) is 0 Å². The van der Waals surface area contributed by atoms with Crippen molar-refractivity contribution in [2.45, 2.75) is 32.1 Å². The fourth-order valence-electron chi connectivity index (χ4n) is 2.79. The number of carbonyl (C=O) groups is 2. The molecule has 0 saturated carbocycles. The van der Waals surface area contributed by atoms with Gasteiger partial charge in [0.2, 0.25) is 11.8 Å². The highest BCUT2D eigenvalue weighted by atomic mass is 16.5. The fourth-order valence-corrected chi connectivity index (χ4v) is 2.79. The Morgan fingerprint density at radius 3 is 2.65 bits per heavy atom. The van der Waals surface area contributed by atoms with Gasteiger partial charge in [-0.3, -0.25) is 9.59 Å². The second-order valence-corrected chi connectivity index (χ2v) is 5.79.